The smallest absolute Gasteiger partial charge is 0.137 e. The number of nitrogens with two attached hydrogens (primary N) is 1. The first-order valence-corrected chi connectivity index (χ1v) is 5.03. The maximum Gasteiger partial charge on any atom is 0.137 e. The third-order valence-electron chi connectivity index (χ3n) is 2.46. The molecule has 0 amide bonds. The Morgan fingerprint density at radius 3 is 3.00 bits per heavy atom. The summed E-state index contributed by atoms with van der Waals surface area (Å²) in [6, 6.07) is 7.80. The molecular weight excluding hydrogens is 204 g/mol. The maximum absolute atomic E-state index is 5.76. The molecule has 0 saturated carbocycles. The first-order chi connectivity index (χ1) is 7.85. The van der Waals surface area contributed by atoms with Crippen LogP contribution in [0.3, 0.4) is 0 Å². The Balaban J connectivity index is 2.33. The second kappa shape index (κ2) is 4.76. The predicted octanol–water partition coefficient (Wildman–Crippen LogP) is 0.835. The van der Waals surface area contributed by atoms with Crippen LogP contribution in [-0.4, -0.2) is 28.4 Å². The van der Waals surface area contributed by atoms with Gasteiger partial charge < -0.3 is 10.5 Å². The van der Waals surface area contributed by atoms with Gasteiger partial charge in [-0.2, -0.15) is 5.10 Å². The van der Waals surface area contributed by atoms with Crippen LogP contribution in [0.1, 0.15) is 11.6 Å². The van der Waals surface area contributed by atoms with E-state index in [2.05, 4.69) is 10.1 Å². The number of benzene rings is 1. The van der Waals surface area contributed by atoms with Crippen molar-refractivity contribution in [2.75, 3.05) is 13.7 Å². The van der Waals surface area contributed by atoms with Crippen molar-refractivity contribution in [2.45, 2.75) is 6.04 Å². The monoisotopic (exact) mass is 218 g/mol. The summed E-state index contributed by atoms with van der Waals surface area (Å²) >= 11 is 0. The Bertz CT molecular complexity index is 441. The molecule has 5 heteroatoms. The number of ether oxygens (including phenoxy) is 1. The molecule has 0 fully saturated rings. The van der Waals surface area contributed by atoms with E-state index in [1.807, 2.05) is 24.3 Å². The third kappa shape index (κ3) is 2.04. The van der Waals surface area contributed by atoms with Crippen molar-refractivity contribution < 1.29 is 4.74 Å². The molecule has 0 aliphatic carbocycles. The zero-order valence-electron chi connectivity index (χ0n) is 9.08. The van der Waals surface area contributed by atoms with Gasteiger partial charge in [-0.3, -0.25) is 0 Å². The van der Waals surface area contributed by atoms with E-state index in [1.165, 1.54) is 6.33 Å². The van der Waals surface area contributed by atoms with Gasteiger partial charge in [0.25, 0.3) is 0 Å². The van der Waals surface area contributed by atoms with Gasteiger partial charge in [0, 0.05) is 6.54 Å². The lowest BCUT2D eigenvalue weighted by Gasteiger charge is -2.15. The van der Waals surface area contributed by atoms with Crippen molar-refractivity contribution in [3.63, 3.8) is 0 Å². The minimum absolute atomic E-state index is 0.00222. The van der Waals surface area contributed by atoms with Crippen LogP contribution in [0.4, 0.5) is 0 Å². The quantitative estimate of drug-likeness (QED) is 0.825. The van der Waals surface area contributed by atoms with Gasteiger partial charge in [-0.1, -0.05) is 12.1 Å². The summed E-state index contributed by atoms with van der Waals surface area (Å²) in [6.45, 7) is 0.469. The molecule has 1 unspecified atom stereocenters. The van der Waals surface area contributed by atoms with E-state index < -0.39 is 0 Å². The minimum Gasteiger partial charge on any atom is -0.497 e. The summed E-state index contributed by atoms with van der Waals surface area (Å²) in [6.07, 6.45) is 3.17. The lowest BCUT2D eigenvalue weighted by atomic mass is 10.1. The van der Waals surface area contributed by atoms with Crippen LogP contribution in [0.15, 0.2) is 36.9 Å². The molecule has 0 aliphatic heterocycles. The van der Waals surface area contributed by atoms with Crippen molar-refractivity contribution in [1.29, 1.82) is 0 Å². The molecule has 84 valence electrons. The third-order valence-corrected chi connectivity index (χ3v) is 2.46. The van der Waals surface area contributed by atoms with E-state index in [1.54, 1.807) is 18.1 Å². The summed E-state index contributed by atoms with van der Waals surface area (Å²) in [5.74, 6) is 0.816. The van der Waals surface area contributed by atoms with E-state index >= 15 is 0 Å². The van der Waals surface area contributed by atoms with E-state index in [0.717, 1.165) is 11.3 Å². The molecular formula is C11H14N4O. The lowest BCUT2D eigenvalue weighted by molar-refractivity contribution is 0.412. The van der Waals surface area contributed by atoms with Gasteiger partial charge in [0.05, 0.1) is 13.2 Å². The van der Waals surface area contributed by atoms with Gasteiger partial charge in [-0.05, 0) is 17.7 Å². The molecule has 2 aromatic rings. The fourth-order valence-electron chi connectivity index (χ4n) is 1.62. The summed E-state index contributed by atoms with van der Waals surface area (Å²) in [5, 5.41) is 4.10. The van der Waals surface area contributed by atoms with Crippen molar-refractivity contribution in [3.8, 4) is 5.75 Å². The normalized spacial score (nSPS) is 12.4. The molecule has 0 aliphatic rings. The number of hydrogen-bond acceptors (Lipinski definition) is 4. The number of methoxy groups -OCH3 is 1. The van der Waals surface area contributed by atoms with Crippen LogP contribution < -0.4 is 10.5 Å². The molecule has 2 N–H and O–H groups in total. The van der Waals surface area contributed by atoms with Crippen LogP contribution in [0, 0.1) is 0 Å². The van der Waals surface area contributed by atoms with Gasteiger partial charge in [0.15, 0.2) is 0 Å². The van der Waals surface area contributed by atoms with Crippen LogP contribution in [0.2, 0.25) is 0 Å². The molecule has 0 saturated heterocycles. The standard InChI is InChI=1S/C11H14N4O/c1-16-10-4-2-3-9(5-10)11(6-12)15-8-13-7-14-15/h2-5,7-8,11H,6,12H2,1H3. The van der Waals surface area contributed by atoms with Gasteiger partial charge in [-0.25, -0.2) is 9.67 Å². The minimum atomic E-state index is -0.00222. The van der Waals surface area contributed by atoms with Crippen molar-refractivity contribution in [2.24, 2.45) is 5.73 Å². The molecule has 1 atom stereocenters. The van der Waals surface area contributed by atoms with Crippen LogP contribution in [0.25, 0.3) is 0 Å². The summed E-state index contributed by atoms with van der Waals surface area (Å²) in [7, 11) is 1.64. The second-order valence-corrected chi connectivity index (χ2v) is 3.40. The van der Waals surface area contributed by atoms with Gasteiger partial charge in [0.1, 0.15) is 18.4 Å². The van der Waals surface area contributed by atoms with Crippen LogP contribution >= 0.6 is 0 Å². The Labute approximate surface area is 93.9 Å². The first-order valence-electron chi connectivity index (χ1n) is 5.03. The molecule has 16 heavy (non-hydrogen) atoms. The van der Waals surface area contributed by atoms with Crippen LogP contribution in [-0.2, 0) is 0 Å². The summed E-state index contributed by atoms with van der Waals surface area (Å²) in [4.78, 5) is 3.92. The van der Waals surface area contributed by atoms with Crippen LogP contribution in [0.5, 0.6) is 5.75 Å². The number of aromatic nitrogens is 3. The van der Waals surface area contributed by atoms with Crippen molar-refractivity contribution in [3.05, 3.63) is 42.5 Å². The molecule has 0 bridgehead atoms. The molecule has 1 heterocycles. The maximum atomic E-state index is 5.76. The second-order valence-electron chi connectivity index (χ2n) is 3.40. The zero-order valence-corrected chi connectivity index (χ0v) is 9.08. The topological polar surface area (TPSA) is 66.0 Å². The van der Waals surface area contributed by atoms with E-state index in [4.69, 9.17) is 10.5 Å². The molecule has 2 rings (SSSR count). The molecule has 5 nitrogen and oxygen atoms in total. The predicted molar refractivity (Wildman–Crippen MR) is 60.2 cm³/mol. The summed E-state index contributed by atoms with van der Waals surface area (Å²) in [5.41, 5.74) is 6.82. The molecule has 1 aromatic carbocycles. The Morgan fingerprint density at radius 2 is 2.38 bits per heavy atom. The highest BCUT2D eigenvalue weighted by atomic mass is 16.5. The highest BCUT2D eigenvalue weighted by Gasteiger charge is 2.12. The van der Waals surface area contributed by atoms with Gasteiger partial charge in [0.2, 0.25) is 0 Å². The van der Waals surface area contributed by atoms with E-state index in [-0.39, 0.29) is 6.04 Å². The van der Waals surface area contributed by atoms with E-state index in [9.17, 15) is 0 Å². The van der Waals surface area contributed by atoms with Gasteiger partial charge in [-0.15, -0.1) is 0 Å². The Morgan fingerprint density at radius 1 is 1.50 bits per heavy atom. The first kappa shape index (κ1) is 10.6. The summed E-state index contributed by atoms with van der Waals surface area (Å²) < 4.78 is 6.93. The number of hydrogen-bond donors (Lipinski definition) is 1. The van der Waals surface area contributed by atoms with E-state index in [0.29, 0.717) is 6.54 Å². The SMILES string of the molecule is COc1cccc(C(CN)n2cncn2)c1. The number of rotatable bonds is 4. The lowest BCUT2D eigenvalue weighted by Crippen LogP contribution is -2.20. The fraction of sp³-hybridized carbons (Fsp3) is 0.273. The molecule has 0 spiro atoms. The van der Waals surface area contributed by atoms with Crippen molar-refractivity contribution >= 4 is 0 Å². The molecule has 0 radical (unpaired) electrons. The molecule has 1 aromatic heterocycles. The largest absolute Gasteiger partial charge is 0.497 e. The Kier molecular flexibility index (Phi) is 3.16. The van der Waals surface area contributed by atoms with Crippen molar-refractivity contribution in [1.82, 2.24) is 14.8 Å². The zero-order chi connectivity index (χ0) is 11.4. The fourth-order valence-corrected chi connectivity index (χ4v) is 1.62. The average Bonchev–Trinajstić information content (AvgIpc) is 2.84. The highest BCUT2D eigenvalue weighted by Crippen LogP contribution is 2.20. The highest BCUT2D eigenvalue weighted by molar-refractivity contribution is 5.30. The number of nitrogens with zero attached hydrogens (tertiary/aromatic N) is 3. The van der Waals surface area contributed by atoms with Gasteiger partial charge >= 0.3 is 0 Å². The average molecular weight is 218 g/mol. The Hall–Kier alpha value is -1.88.